The summed E-state index contributed by atoms with van der Waals surface area (Å²) in [5.74, 6) is 0.436. The molecule has 0 atom stereocenters. The van der Waals surface area contributed by atoms with Crippen molar-refractivity contribution < 1.29 is 9.53 Å². The number of carbonyl (C=O) groups excluding carboxylic acids is 1. The molecule has 0 N–H and O–H groups in total. The number of aromatic nitrogens is 1. The highest BCUT2D eigenvalue weighted by Crippen LogP contribution is 2.28. The molecule has 1 aliphatic heterocycles. The minimum Gasteiger partial charge on any atom is -0.475 e. The fourth-order valence-electron chi connectivity index (χ4n) is 2.48. The first-order valence-electron chi connectivity index (χ1n) is 7.77. The van der Waals surface area contributed by atoms with Gasteiger partial charge in [0.25, 0.3) is 5.91 Å². The fraction of sp³-hybridized carbons (Fsp3) is 0.333. The Morgan fingerprint density at radius 1 is 1.22 bits per heavy atom. The van der Waals surface area contributed by atoms with E-state index in [-0.39, 0.29) is 5.91 Å². The highest BCUT2D eigenvalue weighted by molar-refractivity contribution is 7.99. The Hall–Kier alpha value is -2.01. The van der Waals surface area contributed by atoms with Crippen molar-refractivity contribution >= 4 is 17.7 Å². The smallest absolute Gasteiger partial charge is 0.259 e. The minimum atomic E-state index is -0.0186. The number of rotatable bonds is 4. The highest BCUT2D eigenvalue weighted by atomic mass is 32.2. The number of fused-ring (bicyclic) bond motifs is 1. The number of thioether (sulfide) groups is 1. The fourth-order valence-corrected chi connectivity index (χ4v) is 3.25. The van der Waals surface area contributed by atoms with Gasteiger partial charge in [0.15, 0.2) is 0 Å². The van der Waals surface area contributed by atoms with Gasteiger partial charge in [-0.2, -0.15) is 0 Å². The predicted molar refractivity (Wildman–Crippen MR) is 91.9 cm³/mol. The van der Waals surface area contributed by atoms with E-state index in [2.05, 4.69) is 18.8 Å². The van der Waals surface area contributed by atoms with E-state index in [1.54, 1.807) is 11.8 Å². The van der Waals surface area contributed by atoms with Crippen molar-refractivity contribution in [2.24, 2.45) is 0 Å². The Kier molecular flexibility index (Phi) is 4.86. The molecular formula is C18H20N2O2S. The van der Waals surface area contributed by atoms with Gasteiger partial charge in [-0.1, -0.05) is 44.2 Å². The normalized spacial score (nSPS) is 14.4. The molecule has 4 nitrogen and oxygen atoms in total. The summed E-state index contributed by atoms with van der Waals surface area (Å²) in [7, 11) is 0. The van der Waals surface area contributed by atoms with Gasteiger partial charge in [0.05, 0.1) is 6.54 Å². The molecule has 1 aliphatic rings. The van der Waals surface area contributed by atoms with Crippen molar-refractivity contribution in [3.63, 3.8) is 0 Å². The van der Waals surface area contributed by atoms with Crippen LogP contribution in [0.5, 0.6) is 5.88 Å². The van der Waals surface area contributed by atoms with Crippen LogP contribution in [0.3, 0.4) is 0 Å². The topological polar surface area (TPSA) is 42.4 Å². The van der Waals surface area contributed by atoms with Gasteiger partial charge >= 0.3 is 0 Å². The van der Waals surface area contributed by atoms with Crippen molar-refractivity contribution in [1.29, 1.82) is 0 Å². The third-order valence-corrected chi connectivity index (χ3v) is 4.47. The van der Waals surface area contributed by atoms with Crippen molar-refractivity contribution in [1.82, 2.24) is 9.88 Å². The Labute approximate surface area is 140 Å². The van der Waals surface area contributed by atoms with Crippen LogP contribution in [-0.4, -0.2) is 34.2 Å². The Balaban J connectivity index is 1.82. The molecule has 3 rings (SSSR count). The maximum Gasteiger partial charge on any atom is 0.259 e. The van der Waals surface area contributed by atoms with Crippen LogP contribution in [0, 0.1) is 0 Å². The van der Waals surface area contributed by atoms with Crippen molar-refractivity contribution in [3.8, 4) is 5.88 Å². The highest BCUT2D eigenvalue weighted by Gasteiger charge is 2.25. The van der Waals surface area contributed by atoms with E-state index in [9.17, 15) is 4.79 Å². The number of ether oxygens (including phenoxy) is 1. The predicted octanol–water partition coefficient (Wildman–Crippen LogP) is 3.62. The van der Waals surface area contributed by atoms with Crippen LogP contribution >= 0.6 is 11.8 Å². The van der Waals surface area contributed by atoms with Crippen molar-refractivity contribution in [2.75, 3.05) is 13.2 Å². The molecule has 23 heavy (non-hydrogen) atoms. The van der Waals surface area contributed by atoms with Gasteiger partial charge < -0.3 is 9.64 Å². The van der Waals surface area contributed by atoms with E-state index in [1.807, 2.05) is 47.4 Å². The van der Waals surface area contributed by atoms with Gasteiger partial charge in [0.1, 0.15) is 17.2 Å². The summed E-state index contributed by atoms with van der Waals surface area (Å²) in [6.45, 7) is 5.85. The summed E-state index contributed by atoms with van der Waals surface area (Å²) < 4.78 is 5.72. The van der Waals surface area contributed by atoms with Crippen LogP contribution < -0.4 is 4.74 Å². The zero-order valence-electron chi connectivity index (χ0n) is 13.4. The van der Waals surface area contributed by atoms with E-state index in [4.69, 9.17) is 4.74 Å². The average molecular weight is 328 g/mol. The molecule has 1 aromatic heterocycles. The second-order valence-electron chi connectivity index (χ2n) is 5.73. The molecule has 0 spiro atoms. The van der Waals surface area contributed by atoms with Gasteiger partial charge in [-0.3, -0.25) is 4.79 Å². The summed E-state index contributed by atoms with van der Waals surface area (Å²) in [5.41, 5.74) is 1.66. The van der Waals surface area contributed by atoms with Crippen LogP contribution in [0.4, 0.5) is 0 Å². The van der Waals surface area contributed by atoms with Crippen LogP contribution in [0.2, 0.25) is 0 Å². The average Bonchev–Trinajstić information content (AvgIpc) is 2.68. The van der Waals surface area contributed by atoms with E-state index in [1.165, 1.54) is 0 Å². The molecule has 0 saturated heterocycles. The van der Waals surface area contributed by atoms with E-state index in [0.29, 0.717) is 36.4 Å². The lowest BCUT2D eigenvalue weighted by molar-refractivity contribution is 0.0743. The molecule has 2 aromatic rings. The van der Waals surface area contributed by atoms with Crippen molar-refractivity contribution in [2.45, 2.75) is 30.7 Å². The number of benzene rings is 1. The quantitative estimate of drug-likeness (QED) is 0.804. The molecule has 1 aromatic carbocycles. The lowest BCUT2D eigenvalue weighted by Crippen LogP contribution is -2.31. The molecule has 2 heterocycles. The van der Waals surface area contributed by atoms with Crippen LogP contribution in [0.15, 0.2) is 47.5 Å². The molecule has 0 saturated carbocycles. The first-order valence-corrected chi connectivity index (χ1v) is 8.65. The number of nitrogens with zero attached hydrogens (tertiary/aromatic N) is 2. The number of pyridine rings is 1. The molecule has 0 fully saturated rings. The molecule has 0 aliphatic carbocycles. The summed E-state index contributed by atoms with van der Waals surface area (Å²) in [6, 6.07) is 13.7. The lowest BCUT2D eigenvalue weighted by atomic mass is 10.2. The van der Waals surface area contributed by atoms with E-state index >= 15 is 0 Å². The first kappa shape index (κ1) is 15.9. The number of hydrogen-bond acceptors (Lipinski definition) is 4. The molecular weight excluding hydrogens is 308 g/mol. The number of carbonyl (C=O) groups is 1. The zero-order valence-corrected chi connectivity index (χ0v) is 14.2. The van der Waals surface area contributed by atoms with Crippen molar-refractivity contribution in [3.05, 3.63) is 53.6 Å². The van der Waals surface area contributed by atoms with Gasteiger partial charge in [-0.15, -0.1) is 11.8 Å². The number of amides is 1. The molecule has 120 valence electrons. The zero-order chi connectivity index (χ0) is 16.2. The molecule has 1 amide bonds. The van der Waals surface area contributed by atoms with Gasteiger partial charge in [-0.05, 0) is 17.7 Å². The minimum absolute atomic E-state index is 0.0186. The maximum absolute atomic E-state index is 12.8. The third-order valence-electron chi connectivity index (χ3n) is 3.53. The molecule has 0 unspecified atom stereocenters. The Morgan fingerprint density at radius 3 is 2.74 bits per heavy atom. The summed E-state index contributed by atoms with van der Waals surface area (Å²) in [6.07, 6.45) is 0. The van der Waals surface area contributed by atoms with Gasteiger partial charge in [0.2, 0.25) is 5.88 Å². The van der Waals surface area contributed by atoms with Gasteiger partial charge in [0, 0.05) is 11.8 Å². The maximum atomic E-state index is 12.8. The molecule has 5 heteroatoms. The largest absolute Gasteiger partial charge is 0.475 e. The SMILES string of the molecule is CC(C)Sc1ccc2c(n1)OCCN(Cc1ccccc1)C2=O. The second kappa shape index (κ2) is 7.04. The summed E-state index contributed by atoms with van der Waals surface area (Å²) >= 11 is 1.67. The standard InChI is InChI=1S/C18H20N2O2S/c1-13(2)23-16-9-8-15-17(19-16)22-11-10-20(18(15)21)12-14-6-4-3-5-7-14/h3-9,13H,10-12H2,1-2H3. The van der Waals surface area contributed by atoms with Crippen LogP contribution in [0.25, 0.3) is 0 Å². The Morgan fingerprint density at radius 2 is 2.00 bits per heavy atom. The first-order chi connectivity index (χ1) is 11.1. The molecule has 0 radical (unpaired) electrons. The Bertz CT molecular complexity index is 689. The summed E-state index contributed by atoms with van der Waals surface area (Å²) in [5, 5.41) is 1.33. The van der Waals surface area contributed by atoms with E-state index < -0.39 is 0 Å². The van der Waals surface area contributed by atoms with Gasteiger partial charge in [-0.25, -0.2) is 4.98 Å². The van der Waals surface area contributed by atoms with Crippen LogP contribution in [0.1, 0.15) is 29.8 Å². The number of hydrogen-bond donors (Lipinski definition) is 0. The third kappa shape index (κ3) is 3.85. The lowest BCUT2D eigenvalue weighted by Gasteiger charge is -2.19. The van der Waals surface area contributed by atoms with Crippen LogP contribution in [-0.2, 0) is 6.54 Å². The summed E-state index contributed by atoms with van der Waals surface area (Å²) in [4.78, 5) is 19.1. The second-order valence-corrected chi connectivity index (χ2v) is 7.33. The monoisotopic (exact) mass is 328 g/mol. The molecule has 0 bridgehead atoms. The van der Waals surface area contributed by atoms with E-state index in [0.717, 1.165) is 10.6 Å².